The third-order valence-electron chi connectivity index (χ3n) is 5.80. The zero-order valence-electron chi connectivity index (χ0n) is 12.8. The van der Waals surface area contributed by atoms with Gasteiger partial charge in [0.1, 0.15) is 5.75 Å². The van der Waals surface area contributed by atoms with Gasteiger partial charge in [-0.15, -0.1) is 0 Å². The Hall–Kier alpha value is -1.81. The highest BCUT2D eigenvalue weighted by molar-refractivity contribution is 5.98. The number of piperidine rings is 1. The van der Waals surface area contributed by atoms with Crippen LogP contribution in [0.4, 0.5) is 0 Å². The van der Waals surface area contributed by atoms with Gasteiger partial charge in [0.15, 0.2) is 0 Å². The molecular formula is C18H20N2O2. The van der Waals surface area contributed by atoms with Crippen LogP contribution in [0.2, 0.25) is 0 Å². The van der Waals surface area contributed by atoms with Crippen molar-refractivity contribution in [2.45, 2.75) is 31.7 Å². The zero-order chi connectivity index (χ0) is 14.8. The second-order valence-corrected chi connectivity index (χ2v) is 6.81. The van der Waals surface area contributed by atoms with Gasteiger partial charge in [-0.1, -0.05) is 0 Å². The van der Waals surface area contributed by atoms with E-state index in [4.69, 9.17) is 4.74 Å². The molecule has 5 rings (SSSR count). The number of carbonyl (C=O) groups excluding carboxylic acids is 1. The molecule has 4 nitrogen and oxygen atoms in total. The number of aromatic nitrogens is 1. The van der Waals surface area contributed by atoms with Crippen molar-refractivity contribution in [1.29, 1.82) is 0 Å². The minimum Gasteiger partial charge on any atom is -0.497 e. The van der Waals surface area contributed by atoms with Crippen LogP contribution < -0.4 is 4.74 Å². The number of methoxy groups -OCH3 is 1. The number of fused-ring (bicyclic) bond motifs is 3. The molecule has 0 N–H and O–H groups in total. The summed E-state index contributed by atoms with van der Waals surface area (Å²) in [7, 11) is 1.68. The van der Waals surface area contributed by atoms with Gasteiger partial charge in [-0.3, -0.25) is 14.3 Å². The first-order valence-electron chi connectivity index (χ1n) is 8.26. The molecule has 0 unspecified atom stereocenters. The first-order valence-corrected chi connectivity index (χ1v) is 8.26. The molecule has 3 aliphatic heterocycles. The number of benzene rings is 1. The Balaban J connectivity index is 1.83. The molecule has 0 radical (unpaired) electrons. The molecule has 1 aromatic heterocycles. The second-order valence-electron chi connectivity index (χ2n) is 6.81. The zero-order valence-corrected chi connectivity index (χ0v) is 12.8. The molecule has 4 heterocycles. The fourth-order valence-electron chi connectivity index (χ4n) is 4.91. The van der Waals surface area contributed by atoms with E-state index in [-0.39, 0.29) is 5.91 Å². The molecule has 2 aromatic rings. The fourth-order valence-corrected chi connectivity index (χ4v) is 4.91. The topological polar surface area (TPSA) is 34.5 Å². The van der Waals surface area contributed by atoms with Crippen molar-refractivity contribution in [2.24, 2.45) is 5.92 Å². The summed E-state index contributed by atoms with van der Waals surface area (Å²) in [5.74, 6) is 1.61. The van der Waals surface area contributed by atoms with E-state index in [0.29, 0.717) is 18.4 Å². The molecular weight excluding hydrogens is 276 g/mol. The average Bonchev–Trinajstić information content (AvgIpc) is 2.88. The van der Waals surface area contributed by atoms with Crippen molar-refractivity contribution in [3.8, 4) is 5.75 Å². The van der Waals surface area contributed by atoms with Crippen LogP contribution in [-0.2, 0) is 6.42 Å². The summed E-state index contributed by atoms with van der Waals surface area (Å²) < 4.78 is 7.38. The molecule has 0 saturated carbocycles. The predicted octanol–water partition coefficient (Wildman–Crippen LogP) is 3.00. The Labute approximate surface area is 129 Å². The van der Waals surface area contributed by atoms with Crippen LogP contribution in [0.15, 0.2) is 18.2 Å². The first-order chi connectivity index (χ1) is 10.8. The van der Waals surface area contributed by atoms with Crippen molar-refractivity contribution in [2.75, 3.05) is 20.2 Å². The van der Waals surface area contributed by atoms with Gasteiger partial charge in [-0.05, 0) is 49.4 Å². The summed E-state index contributed by atoms with van der Waals surface area (Å²) >= 11 is 0. The summed E-state index contributed by atoms with van der Waals surface area (Å²) in [5.41, 5.74) is 3.73. The largest absolute Gasteiger partial charge is 0.497 e. The molecule has 1 aromatic carbocycles. The molecule has 0 amide bonds. The fraction of sp³-hybridized carbons (Fsp3) is 0.500. The van der Waals surface area contributed by atoms with Gasteiger partial charge in [0, 0.05) is 30.1 Å². The highest BCUT2D eigenvalue weighted by Crippen LogP contribution is 2.48. The Morgan fingerprint density at radius 3 is 3.05 bits per heavy atom. The molecule has 2 atom stereocenters. The van der Waals surface area contributed by atoms with Crippen LogP contribution in [0.3, 0.4) is 0 Å². The molecule has 0 aliphatic carbocycles. The van der Waals surface area contributed by atoms with Crippen molar-refractivity contribution >= 4 is 16.8 Å². The molecule has 0 bridgehead atoms. The van der Waals surface area contributed by atoms with Crippen molar-refractivity contribution < 1.29 is 9.53 Å². The molecule has 1 fully saturated rings. The molecule has 3 aliphatic rings. The summed E-state index contributed by atoms with van der Waals surface area (Å²) in [6.45, 7) is 2.31. The van der Waals surface area contributed by atoms with Crippen molar-refractivity contribution in [1.82, 2.24) is 9.47 Å². The Kier molecular flexibility index (Phi) is 2.51. The number of ether oxygens (including phenoxy) is 1. The Morgan fingerprint density at radius 2 is 2.18 bits per heavy atom. The SMILES string of the molecule is COc1ccc2c3c4n(c2c1)C(=O)C[C@@H]1CCCN(CC3)[C@@H]41. The van der Waals surface area contributed by atoms with Crippen LogP contribution in [-0.4, -0.2) is 35.6 Å². The van der Waals surface area contributed by atoms with Crippen LogP contribution in [0.1, 0.15) is 41.4 Å². The highest BCUT2D eigenvalue weighted by Gasteiger charge is 2.44. The van der Waals surface area contributed by atoms with E-state index in [2.05, 4.69) is 11.0 Å². The molecule has 4 heteroatoms. The van der Waals surface area contributed by atoms with Gasteiger partial charge >= 0.3 is 0 Å². The lowest BCUT2D eigenvalue weighted by atomic mass is 9.79. The highest BCUT2D eigenvalue weighted by atomic mass is 16.5. The van der Waals surface area contributed by atoms with Crippen LogP contribution in [0.25, 0.3) is 10.9 Å². The van der Waals surface area contributed by atoms with Crippen LogP contribution in [0, 0.1) is 5.92 Å². The van der Waals surface area contributed by atoms with E-state index in [1.807, 2.05) is 16.7 Å². The lowest BCUT2D eigenvalue weighted by molar-refractivity contribution is 0.0478. The molecule has 0 spiro atoms. The first kappa shape index (κ1) is 12.7. The normalized spacial score (nSPS) is 27.0. The van der Waals surface area contributed by atoms with E-state index < -0.39 is 0 Å². The number of nitrogens with zero attached hydrogens (tertiary/aromatic N) is 2. The Morgan fingerprint density at radius 1 is 1.27 bits per heavy atom. The number of hydrogen-bond donors (Lipinski definition) is 0. The van der Waals surface area contributed by atoms with Crippen molar-refractivity contribution in [3.05, 3.63) is 29.5 Å². The maximum absolute atomic E-state index is 12.8. The van der Waals surface area contributed by atoms with Gasteiger partial charge < -0.3 is 4.74 Å². The standard InChI is InChI=1S/C18H20N2O2/c1-22-12-4-5-13-14-6-8-19-7-2-3-11-9-16(21)20(15(13)10-12)18(14)17(11)19/h4-5,10-11,17H,2-3,6-9H2,1H3/t11-,17+/m0/s1. The summed E-state index contributed by atoms with van der Waals surface area (Å²) in [5, 5.41) is 1.25. The van der Waals surface area contributed by atoms with Crippen LogP contribution >= 0.6 is 0 Å². The monoisotopic (exact) mass is 296 g/mol. The van der Waals surface area contributed by atoms with Gasteiger partial charge in [0.2, 0.25) is 5.91 Å². The third kappa shape index (κ3) is 1.48. The molecule has 22 heavy (non-hydrogen) atoms. The van der Waals surface area contributed by atoms with Gasteiger partial charge in [-0.25, -0.2) is 0 Å². The van der Waals surface area contributed by atoms with E-state index in [1.165, 1.54) is 36.0 Å². The van der Waals surface area contributed by atoms with Gasteiger partial charge in [-0.2, -0.15) is 0 Å². The maximum Gasteiger partial charge on any atom is 0.231 e. The van der Waals surface area contributed by atoms with E-state index in [1.54, 1.807) is 7.11 Å². The summed E-state index contributed by atoms with van der Waals surface area (Å²) in [4.78, 5) is 15.4. The second kappa shape index (κ2) is 4.35. The summed E-state index contributed by atoms with van der Waals surface area (Å²) in [6, 6.07) is 6.63. The van der Waals surface area contributed by atoms with E-state index in [9.17, 15) is 4.79 Å². The Bertz CT molecular complexity index is 792. The van der Waals surface area contributed by atoms with Gasteiger partial charge in [0.25, 0.3) is 0 Å². The number of carbonyl (C=O) groups is 1. The molecule has 1 saturated heterocycles. The smallest absolute Gasteiger partial charge is 0.231 e. The average molecular weight is 296 g/mol. The number of hydrogen-bond acceptors (Lipinski definition) is 3. The number of rotatable bonds is 1. The maximum atomic E-state index is 12.8. The minimum atomic E-state index is 0.268. The van der Waals surface area contributed by atoms with Crippen LogP contribution in [0.5, 0.6) is 5.75 Å². The molecule has 114 valence electrons. The van der Waals surface area contributed by atoms with Gasteiger partial charge in [0.05, 0.1) is 18.7 Å². The minimum absolute atomic E-state index is 0.268. The quantitative estimate of drug-likeness (QED) is 0.811. The van der Waals surface area contributed by atoms with E-state index in [0.717, 1.165) is 24.2 Å². The summed E-state index contributed by atoms with van der Waals surface area (Å²) in [6.07, 6.45) is 4.17. The van der Waals surface area contributed by atoms with Crippen molar-refractivity contribution in [3.63, 3.8) is 0 Å². The third-order valence-corrected chi connectivity index (χ3v) is 5.80. The predicted molar refractivity (Wildman–Crippen MR) is 84.5 cm³/mol. The van der Waals surface area contributed by atoms with E-state index >= 15 is 0 Å². The lowest BCUT2D eigenvalue weighted by Crippen LogP contribution is -2.47. The lowest BCUT2D eigenvalue weighted by Gasteiger charge is -2.46.